The molecule has 1 amide bonds. The SMILES string of the molecule is O=C(Cc1csc(-c2ccccc2Cl)n1)Nc1ccc(-n2cccn2)nc1. The standard InChI is InChI=1S/C19H14ClN5OS/c20-16-5-2-1-4-15(16)19-24-14(12-27-19)10-18(26)23-13-6-7-17(21-11-13)25-9-3-8-22-25/h1-9,11-12H,10H2,(H,23,26). The monoisotopic (exact) mass is 395 g/mol. The number of halogens is 1. The smallest absolute Gasteiger partial charge is 0.230 e. The number of nitrogens with one attached hydrogen (secondary N) is 1. The molecule has 0 saturated heterocycles. The lowest BCUT2D eigenvalue weighted by Crippen LogP contribution is -2.15. The number of hydrogen-bond donors (Lipinski definition) is 1. The maximum atomic E-state index is 12.3. The highest BCUT2D eigenvalue weighted by Gasteiger charge is 2.11. The summed E-state index contributed by atoms with van der Waals surface area (Å²) in [6, 6.07) is 12.9. The van der Waals surface area contributed by atoms with Crippen LogP contribution in [0.15, 0.2) is 66.4 Å². The summed E-state index contributed by atoms with van der Waals surface area (Å²) in [5.74, 6) is 0.529. The molecule has 1 N–H and O–H groups in total. The minimum absolute atomic E-state index is 0.153. The minimum Gasteiger partial charge on any atom is -0.324 e. The molecule has 1 aromatic carbocycles. The fourth-order valence-electron chi connectivity index (χ4n) is 2.52. The molecular weight excluding hydrogens is 382 g/mol. The van der Waals surface area contributed by atoms with Crippen LogP contribution in [0.2, 0.25) is 5.02 Å². The molecule has 0 bridgehead atoms. The molecule has 8 heteroatoms. The van der Waals surface area contributed by atoms with Crippen molar-refractivity contribution in [2.45, 2.75) is 6.42 Å². The predicted molar refractivity (Wildman–Crippen MR) is 106 cm³/mol. The van der Waals surface area contributed by atoms with Crippen molar-refractivity contribution in [1.29, 1.82) is 0 Å². The highest BCUT2D eigenvalue weighted by molar-refractivity contribution is 7.13. The van der Waals surface area contributed by atoms with Gasteiger partial charge in [0.2, 0.25) is 5.91 Å². The van der Waals surface area contributed by atoms with Gasteiger partial charge in [0.15, 0.2) is 5.82 Å². The highest BCUT2D eigenvalue weighted by Crippen LogP contribution is 2.30. The highest BCUT2D eigenvalue weighted by atomic mass is 35.5. The number of pyridine rings is 1. The molecular formula is C19H14ClN5OS. The van der Waals surface area contributed by atoms with Crippen molar-refractivity contribution >= 4 is 34.5 Å². The molecule has 0 radical (unpaired) electrons. The fourth-order valence-corrected chi connectivity index (χ4v) is 3.66. The molecule has 4 rings (SSSR count). The number of anilines is 1. The average Bonchev–Trinajstić information content (AvgIpc) is 3.35. The van der Waals surface area contributed by atoms with E-state index < -0.39 is 0 Å². The van der Waals surface area contributed by atoms with E-state index in [0.717, 1.165) is 10.6 Å². The van der Waals surface area contributed by atoms with Gasteiger partial charge in [-0.25, -0.2) is 14.6 Å². The summed E-state index contributed by atoms with van der Waals surface area (Å²) in [6.45, 7) is 0. The molecule has 134 valence electrons. The lowest BCUT2D eigenvalue weighted by atomic mass is 10.2. The van der Waals surface area contributed by atoms with E-state index in [-0.39, 0.29) is 12.3 Å². The molecule has 3 aromatic heterocycles. The molecule has 4 aromatic rings. The number of rotatable bonds is 5. The number of thiazole rings is 1. The Labute approximate surface area is 164 Å². The van der Waals surface area contributed by atoms with Crippen LogP contribution in [0.25, 0.3) is 16.4 Å². The number of carbonyl (C=O) groups excluding carboxylic acids is 1. The van der Waals surface area contributed by atoms with Gasteiger partial charge in [0.1, 0.15) is 5.01 Å². The predicted octanol–water partition coefficient (Wildman–Crippen LogP) is 4.23. The lowest BCUT2D eigenvalue weighted by molar-refractivity contribution is -0.115. The maximum absolute atomic E-state index is 12.3. The van der Waals surface area contributed by atoms with Crippen LogP contribution in [0.3, 0.4) is 0 Å². The van der Waals surface area contributed by atoms with Crippen LogP contribution in [-0.2, 0) is 11.2 Å². The van der Waals surface area contributed by atoms with Gasteiger partial charge in [-0.05, 0) is 24.3 Å². The van der Waals surface area contributed by atoms with Gasteiger partial charge in [-0.15, -0.1) is 11.3 Å². The van der Waals surface area contributed by atoms with Crippen molar-refractivity contribution in [2.75, 3.05) is 5.32 Å². The Bertz CT molecular complexity index is 1060. The van der Waals surface area contributed by atoms with Gasteiger partial charge in [-0.2, -0.15) is 5.10 Å². The Kier molecular flexibility index (Phi) is 4.95. The average molecular weight is 396 g/mol. The van der Waals surface area contributed by atoms with Gasteiger partial charge in [-0.3, -0.25) is 4.79 Å². The summed E-state index contributed by atoms with van der Waals surface area (Å²) in [4.78, 5) is 21.1. The lowest BCUT2D eigenvalue weighted by Gasteiger charge is -2.05. The van der Waals surface area contributed by atoms with Crippen molar-refractivity contribution < 1.29 is 4.79 Å². The summed E-state index contributed by atoms with van der Waals surface area (Å²) in [5.41, 5.74) is 2.19. The van der Waals surface area contributed by atoms with Crippen LogP contribution in [0.1, 0.15) is 5.69 Å². The van der Waals surface area contributed by atoms with Gasteiger partial charge in [0.25, 0.3) is 0 Å². The summed E-state index contributed by atoms with van der Waals surface area (Å²) in [6.07, 6.45) is 5.27. The van der Waals surface area contributed by atoms with E-state index in [9.17, 15) is 4.79 Å². The van der Waals surface area contributed by atoms with Crippen LogP contribution in [0, 0.1) is 0 Å². The van der Waals surface area contributed by atoms with Crippen molar-refractivity contribution in [3.8, 4) is 16.4 Å². The van der Waals surface area contributed by atoms with Crippen LogP contribution >= 0.6 is 22.9 Å². The third kappa shape index (κ3) is 4.05. The normalized spacial score (nSPS) is 10.7. The van der Waals surface area contributed by atoms with Gasteiger partial charge in [0, 0.05) is 23.3 Å². The van der Waals surface area contributed by atoms with Crippen molar-refractivity contribution in [1.82, 2.24) is 19.7 Å². The van der Waals surface area contributed by atoms with E-state index in [4.69, 9.17) is 11.6 Å². The molecule has 0 aliphatic rings. The van der Waals surface area contributed by atoms with Crippen LogP contribution in [0.5, 0.6) is 0 Å². The van der Waals surface area contributed by atoms with Crippen LogP contribution in [-0.4, -0.2) is 25.7 Å². The summed E-state index contributed by atoms with van der Waals surface area (Å²) < 4.78 is 1.65. The molecule has 27 heavy (non-hydrogen) atoms. The third-order valence-electron chi connectivity index (χ3n) is 3.77. The maximum Gasteiger partial charge on any atom is 0.230 e. The first-order valence-electron chi connectivity index (χ1n) is 8.14. The van der Waals surface area contributed by atoms with Gasteiger partial charge in [-0.1, -0.05) is 29.8 Å². The first kappa shape index (κ1) is 17.4. The fraction of sp³-hybridized carbons (Fsp3) is 0.0526. The first-order chi connectivity index (χ1) is 13.2. The third-order valence-corrected chi connectivity index (χ3v) is 5.02. The zero-order chi connectivity index (χ0) is 18.6. The van der Waals surface area contributed by atoms with Crippen LogP contribution < -0.4 is 5.32 Å². The molecule has 0 aliphatic carbocycles. The number of hydrogen-bond acceptors (Lipinski definition) is 5. The number of amides is 1. The van der Waals surface area contributed by atoms with Gasteiger partial charge in [0.05, 0.1) is 29.0 Å². The molecule has 0 aliphatic heterocycles. The van der Waals surface area contributed by atoms with Crippen molar-refractivity contribution in [3.63, 3.8) is 0 Å². The Morgan fingerprint density at radius 1 is 1.19 bits per heavy atom. The Morgan fingerprint density at radius 2 is 2.07 bits per heavy atom. The minimum atomic E-state index is -0.153. The molecule has 3 heterocycles. The summed E-state index contributed by atoms with van der Waals surface area (Å²) in [5, 5.41) is 10.3. The molecule has 0 fully saturated rings. The van der Waals surface area contributed by atoms with E-state index in [1.807, 2.05) is 35.7 Å². The summed E-state index contributed by atoms with van der Waals surface area (Å²) >= 11 is 7.67. The Balaban J connectivity index is 1.41. The van der Waals surface area contributed by atoms with Gasteiger partial charge < -0.3 is 5.32 Å². The number of carbonyl (C=O) groups is 1. The Morgan fingerprint density at radius 3 is 2.81 bits per heavy atom. The second-order valence-electron chi connectivity index (χ2n) is 5.70. The second kappa shape index (κ2) is 7.69. The van der Waals surface area contributed by atoms with Gasteiger partial charge >= 0.3 is 0 Å². The second-order valence-corrected chi connectivity index (χ2v) is 6.97. The van der Waals surface area contributed by atoms with Crippen molar-refractivity contribution in [3.05, 3.63) is 77.2 Å². The largest absolute Gasteiger partial charge is 0.324 e. The quantitative estimate of drug-likeness (QED) is 0.549. The van der Waals surface area contributed by atoms with Crippen molar-refractivity contribution in [2.24, 2.45) is 0 Å². The van der Waals surface area contributed by atoms with E-state index in [1.165, 1.54) is 11.3 Å². The molecule has 0 saturated carbocycles. The number of benzene rings is 1. The number of nitrogens with zero attached hydrogens (tertiary/aromatic N) is 4. The number of aromatic nitrogens is 4. The topological polar surface area (TPSA) is 72.7 Å². The van der Waals surface area contributed by atoms with E-state index in [2.05, 4.69) is 20.4 Å². The summed E-state index contributed by atoms with van der Waals surface area (Å²) in [7, 11) is 0. The van der Waals surface area contributed by atoms with E-state index >= 15 is 0 Å². The van der Waals surface area contributed by atoms with Crippen LogP contribution in [0.4, 0.5) is 5.69 Å². The zero-order valence-corrected chi connectivity index (χ0v) is 15.6. The molecule has 6 nitrogen and oxygen atoms in total. The van der Waals surface area contributed by atoms with E-state index in [1.54, 1.807) is 35.4 Å². The van der Waals surface area contributed by atoms with E-state index in [0.29, 0.717) is 22.2 Å². The molecule has 0 atom stereocenters. The molecule has 0 spiro atoms. The Hall–Kier alpha value is -3.03. The molecule has 0 unspecified atom stereocenters. The zero-order valence-electron chi connectivity index (χ0n) is 14.0. The first-order valence-corrected chi connectivity index (χ1v) is 9.40.